The lowest BCUT2D eigenvalue weighted by atomic mass is 10.0. The fraction of sp³-hybridized carbons (Fsp3) is 0.167. The number of para-hydroxylation sites is 1. The number of fused-ring (bicyclic) bond motifs is 1. The second-order valence-electron chi connectivity index (χ2n) is 5.06. The largest absolute Gasteiger partial charge is 0.303 e. The number of rotatable bonds is 0. The van der Waals surface area contributed by atoms with Crippen molar-refractivity contribution in [3.05, 3.63) is 63.6 Å². The third-order valence-electron chi connectivity index (χ3n) is 3.59. The maximum Gasteiger partial charge on any atom is 0.303 e. The molecule has 4 heteroatoms. The molecule has 0 saturated heterocycles. The lowest BCUT2D eigenvalue weighted by molar-refractivity contribution is -0.113. The predicted molar refractivity (Wildman–Crippen MR) is 90.5 cm³/mol. The molecule has 0 saturated carbocycles. The van der Waals surface area contributed by atoms with E-state index in [0.717, 1.165) is 18.5 Å². The average molecular weight is 330 g/mol. The molecule has 2 aromatic carbocycles. The normalized spacial score (nSPS) is 13.1. The van der Waals surface area contributed by atoms with Gasteiger partial charge in [-0.2, -0.15) is 0 Å². The molecule has 1 aliphatic rings. The number of amides is 1. The first-order valence-corrected chi connectivity index (χ1v) is 7.77. The summed E-state index contributed by atoms with van der Waals surface area (Å²) in [5.41, 5.74) is 2.74. The van der Waals surface area contributed by atoms with Gasteiger partial charge in [0.05, 0.1) is 5.02 Å². The van der Waals surface area contributed by atoms with E-state index in [1.165, 1.54) is 5.56 Å². The topological polar surface area (TPSA) is 20.3 Å². The van der Waals surface area contributed by atoms with Crippen LogP contribution in [0.25, 0.3) is 0 Å². The van der Waals surface area contributed by atoms with Gasteiger partial charge in [-0.25, -0.2) is 0 Å². The Morgan fingerprint density at radius 3 is 2.77 bits per heavy atom. The van der Waals surface area contributed by atoms with Crippen LogP contribution in [0, 0.1) is 11.8 Å². The van der Waals surface area contributed by atoms with E-state index < -0.39 is 0 Å². The van der Waals surface area contributed by atoms with Gasteiger partial charge in [0, 0.05) is 28.7 Å². The first kappa shape index (κ1) is 15.0. The summed E-state index contributed by atoms with van der Waals surface area (Å²) in [7, 11) is 0. The van der Waals surface area contributed by atoms with Gasteiger partial charge in [0.15, 0.2) is 0 Å². The van der Waals surface area contributed by atoms with Crippen molar-refractivity contribution in [2.75, 3.05) is 11.4 Å². The molecule has 0 radical (unpaired) electrons. The van der Waals surface area contributed by atoms with Crippen LogP contribution in [-0.4, -0.2) is 12.5 Å². The molecular weight excluding hydrogens is 317 g/mol. The third-order valence-corrected chi connectivity index (χ3v) is 4.14. The van der Waals surface area contributed by atoms with E-state index in [0.29, 0.717) is 22.2 Å². The summed E-state index contributed by atoms with van der Waals surface area (Å²) in [4.78, 5) is 14.1. The molecule has 2 aromatic rings. The van der Waals surface area contributed by atoms with Gasteiger partial charge < -0.3 is 4.90 Å². The van der Waals surface area contributed by atoms with E-state index in [1.807, 2.05) is 18.2 Å². The highest BCUT2D eigenvalue weighted by Crippen LogP contribution is 2.26. The first-order valence-electron chi connectivity index (χ1n) is 7.01. The van der Waals surface area contributed by atoms with Gasteiger partial charge in [-0.1, -0.05) is 47.3 Å². The quantitative estimate of drug-likeness (QED) is 0.659. The van der Waals surface area contributed by atoms with Crippen LogP contribution in [0.3, 0.4) is 0 Å². The molecule has 22 heavy (non-hydrogen) atoms. The number of carbonyl (C=O) groups is 1. The fourth-order valence-electron chi connectivity index (χ4n) is 2.52. The van der Waals surface area contributed by atoms with Crippen molar-refractivity contribution in [2.45, 2.75) is 12.8 Å². The molecule has 0 atom stereocenters. The monoisotopic (exact) mass is 329 g/mol. The Kier molecular flexibility index (Phi) is 4.38. The van der Waals surface area contributed by atoms with E-state index in [2.05, 4.69) is 17.9 Å². The van der Waals surface area contributed by atoms with Gasteiger partial charge in [0.25, 0.3) is 0 Å². The van der Waals surface area contributed by atoms with Crippen molar-refractivity contribution in [1.29, 1.82) is 0 Å². The lowest BCUT2D eigenvalue weighted by Gasteiger charge is -2.27. The molecule has 0 aliphatic carbocycles. The number of aryl methyl sites for hydroxylation is 1. The number of benzene rings is 2. The molecule has 0 bridgehead atoms. The summed E-state index contributed by atoms with van der Waals surface area (Å²) in [6.07, 6.45) is 1.95. The standard InChI is InChI=1S/C18H13Cl2NO/c19-15-9-7-13(16(20)12-15)8-10-18(22)21-11-3-5-14-4-1-2-6-17(14)21/h1-2,4,6-7,9,12H,3,5,11H2. The Hall–Kier alpha value is -1.95. The fourth-order valence-corrected chi connectivity index (χ4v) is 2.98. The molecule has 2 nitrogen and oxygen atoms in total. The van der Waals surface area contributed by atoms with E-state index in [9.17, 15) is 4.79 Å². The Morgan fingerprint density at radius 1 is 1.14 bits per heavy atom. The van der Waals surface area contributed by atoms with Crippen LogP contribution in [-0.2, 0) is 11.2 Å². The molecule has 1 heterocycles. The summed E-state index contributed by atoms with van der Waals surface area (Å²) in [6.45, 7) is 0.693. The van der Waals surface area contributed by atoms with Crippen molar-refractivity contribution in [3.8, 4) is 11.8 Å². The molecule has 110 valence electrons. The lowest BCUT2D eigenvalue weighted by Crippen LogP contribution is -2.34. The molecular formula is C18H13Cl2NO. The SMILES string of the molecule is O=C(C#Cc1ccc(Cl)cc1Cl)N1CCCc2ccccc21. The number of carbonyl (C=O) groups excluding carboxylic acids is 1. The Labute approximate surface area is 139 Å². The third kappa shape index (κ3) is 3.11. The second kappa shape index (κ2) is 6.44. The van der Waals surface area contributed by atoms with Crippen molar-refractivity contribution < 1.29 is 4.79 Å². The highest BCUT2D eigenvalue weighted by Gasteiger charge is 2.20. The summed E-state index contributed by atoms with van der Waals surface area (Å²) < 4.78 is 0. The van der Waals surface area contributed by atoms with Gasteiger partial charge in [-0.05, 0) is 42.7 Å². The Morgan fingerprint density at radius 2 is 1.95 bits per heavy atom. The minimum Gasteiger partial charge on any atom is -0.301 e. The molecule has 0 aromatic heterocycles. The summed E-state index contributed by atoms with van der Waals surface area (Å²) in [6, 6.07) is 13.0. The average Bonchev–Trinajstić information content (AvgIpc) is 2.53. The number of halogens is 2. The van der Waals surface area contributed by atoms with Gasteiger partial charge in [0.1, 0.15) is 0 Å². The van der Waals surface area contributed by atoms with Crippen LogP contribution < -0.4 is 4.90 Å². The van der Waals surface area contributed by atoms with Gasteiger partial charge in [0.2, 0.25) is 0 Å². The summed E-state index contributed by atoms with van der Waals surface area (Å²) in [5, 5.41) is 0.999. The van der Waals surface area contributed by atoms with E-state index >= 15 is 0 Å². The van der Waals surface area contributed by atoms with Crippen molar-refractivity contribution in [1.82, 2.24) is 0 Å². The molecule has 0 fully saturated rings. The predicted octanol–water partition coefficient (Wildman–Crippen LogP) is 4.32. The molecule has 1 amide bonds. The molecule has 0 spiro atoms. The van der Waals surface area contributed by atoms with Crippen molar-refractivity contribution >= 4 is 34.8 Å². The zero-order valence-corrected chi connectivity index (χ0v) is 13.3. The number of hydrogen-bond acceptors (Lipinski definition) is 1. The first-order chi connectivity index (χ1) is 10.6. The van der Waals surface area contributed by atoms with Crippen LogP contribution in [0.15, 0.2) is 42.5 Å². The van der Waals surface area contributed by atoms with E-state index in [1.54, 1.807) is 23.1 Å². The van der Waals surface area contributed by atoms with E-state index in [4.69, 9.17) is 23.2 Å². The van der Waals surface area contributed by atoms with Crippen LogP contribution in [0.4, 0.5) is 5.69 Å². The van der Waals surface area contributed by atoms with Crippen LogP contribution in [0.5, 0.6) is 0 Å². The molecule has 3 rings (SSSR count). The Balaban J connectivity index is 1.86. The number of hydrogen-bond donors (Lipinski definition) is 0. The smallest absolute Gasteiger partial charge is 0.301 e. The van der Waals surface area contributed by atoms with Crippen molar-refractivity contribution in [3.63, 3.8) is 0 Å². The molecule has 1 aliphatic heterocycles. The number of nitrogens with zero attached hydrogens (tertiary/aromatic N) is 1. The second-order valence-corrected chi connectivity index (χ2v) is 5.91. The van der Waals surface area contributed by atoms with Gasteiger partial charge >= 0.3 is 5.91 Å². The van der Waals surface area contributed by atoms with E-state index in [-0.39, 0.29) is 5.91 Å². The van der Waals surface area contributed by atoms with Crippen LogP contribution in [0.2, 0.25) is 10.0 Å². The van der Waals surface area contributed by atoms with Crippen molar-refractivity contribution in [2.24, 2.45) is 0 Å². The number of anilines is 1. The zero-order chi connectivity index (χ0) is 15.5. The minimum atomic E-state index is -0.210. The maximum absolute atomic E-state index is 12.4. The molecule has 0 unspecified atom stereocenters. The summed E-state index contributed by atoms with van der Waals surface area (Å²) in [5.74, 6) is 5.31. The van der Waals surface area contributed by atoms with Crippen LogP contribution >= 0.6 is 23.2 Å². The highest BCUT2D eigenvalue weighted by molar-refractivity contribution is 6.35. The Bertz CT molecular complexity index is 789. The maximum atomic E-state index is 12.4. The highest BCUT2D eigenvalue weighted by atomic mass is 35.5. The van der Waals surface area contributed by atoms with Gasteiger partial charge in [-0.3, -0.25) is 4.79 Å². The van der Waals surface area contributed by atoms with Gasteiger partial charge in [-0.15, -0.1) is 0 Å². The summed E-state index contributed by atoms with van der Waals surface area (Å²) >= 11 is 11.9. The van der Waals surface area contributed by atoms with Crippen LogP contribution in [0.1, 0.15) is 17.5 Å². The zero-order valence-electron chi connectivity index (χ0n) is 11.8. The molecule has 0 N–H and O–H groups in total. The minimum absolute atomic E-state index is 0.210.